The third-order valence-electron chi connectivity index (χ3n) is 1.63. The van der Waals surface area contributed by atoms with Crippen molar-refractivity contribution in [3.8, 4) is 0 Å². The van der Waals surface area contributed by atoms with E-state index in [1.807, 2.05) is 0 Å². The molecule has 16 heavy (non-hydrogen) atoms. The molecule has 0 spiro atoms. The summed E-state index contributed by atoms with van der Waals surface area (Å²) in [6.45, 7) is -0.614. The van der Waals surface area contributed by atoms with Gasteiger partial charge in [0.05, 0.1) is 5.69 Å². The fraction of sp³-hybridized carbons (Fsp3) is 0.111. The van der Waals surface area contributed by atoms with Gasteiger partial charge in [-0.1, -0.05) is 0 Å². The van der Waals surface area contributed by atoms with E-state index in [-0.39, 0.29) is 11.3 Å². The van der Waals surface area contributed by atoms with E-state index in [1.165, 1.54) is 12.1 Å². The van der Waals surface area contributed by atoms with Crippen molar-refractivity contribution < 1.29 is 23.9 Å². The monoisotopic (exact) mass is 228 g/mol. The zero-order chi connectivity index (χ0) is 12.1. The summed E-state index contributed by atoms with van der Waals surface area (Å²) in [6, 6.07) is 3.43. The van der Waals surface area contributed by atoms with Gasteiger partial charge in [-0.15, -0.1) is 0 Å². The summed E-state index contributed by atoms with van der Waals surface area (Å²) in [5.74, 6) is -2.71. The molecular weight excluding hydrogens is 219 g/mol. The van der Waals surface area contributed by atoms with Gasteiger partial charge in [-0.3, -0.25) is 15.1 Å². The number of anilines is 1. The molecule has 86 valence electrons. The quantitative estimate of drug-likeness (QED) is 0.631. The van der Waals surface area contributed by atoms with Crippen LogP contribution >= 0.6 is 0 Å². The Hall–Kier alpha value is -2.15. The number of hydrogen-bond acceptors (Lipinski definition) is 4. The number of carbonyl (C=O) groups excluding carboxylic acids is 1. The first-order chi connectivity index (χ1) is 7.50. The normalized spacial score (nSPS) is 9.81. The lowest BCUT2D eigenvalue weighted by molar-refractivity contribution is -0.141. The molecule has 0 unspecified atom stereocenters. The van der Waals surface area contributed by atoms with E-state index in [0.717, 1.165) is 6.07 Å². The minimum Gasteiger partial charge on any atom is -0.479 e. The molecule has 0 bridgehead atoms. The second-order valence-electron chi connectivity index (χ2n) is 2.84. The van der Waals surface area contributed by atoms with Gasteiger partial charge in [-0.05, 0) is 18.2 Å². The lowest BCUT2D eigenvalue weighted by Gasteiger charge is -2.06. The number of hydrogen-bond donors (Lipinski definition) is 3. The fourth-order valence-electron chi connectivity index (χ4n) is 0.927. The summed E-state index contributed by atoms with van der Waals surface area (Å²) in [4.78, 5) is 25.2. The Kier molecular flexibility index (Phi) is 3.78. The molecular formula is C9H9FN2O4. The van der Waals surface area contributed by atoms with Gasteiger partial charge < -0.3 is 10.8 Å². The van der Waals surface area contributed by atoms with Crippen LogP contribution in [0.2, 0.25) is 0 Å². The topological polar surface area (TPSA) is 102 Å². The summed E-state index contributed by atoms with van der Waals surface area (Å²) >= 11 is 0. The molecule has 4 N–H and O–H groups in total. The van der Waals surface area contributed by atoms with Crippen molar-refractivity contribution in [1.29, 1.82) is 0 Å². The van der Waals surface area contributed by atoms with E-state index in [9.17, 15) is 14.0 Å². The zero-order valence-electron chi connectivity index (χ0n) is 8.07. The molecule has 0 saturated carbocycles. The second kappa shape index (κ2) is 5.08. The van der Waals surface area contributed by atoms with E-state index >= 15 is 0 Å². The summed E-state index contributed by atoms with van der Waals surface area (Å²) in [5, 5.41) is 8.26. The molecule has 0 heterocycles. The Labute approximate surface area is 89.8 Å². The third kappa shape index (κ3) is 3.21. The molecule has 0 aliphatic carbocycles. The maximum atomic E-state index is 13.2. The highest BCUT2D eigenvalue weighted by atomic mass is 19.1. The molecule has 1 aromatic carbocycles. The number of carboxylic acid groups (broad SMARTS) is 1. The Bertz CT molecular complexity index is 422. The van der Waals surface area contributed by atoms with Crippen LogP contribution < -0.4 is 11.2 Å². The van der Waals surface area contributed by atoms with Crippen molar-refractivity contribution in [2.24, 2.45) is 5.73 Å². The molecule has 0 radical (unpaired) electrons. The Morgan fingerprint density at radius 3 is 2.69 bits per heavy atom. The van der Waals surface area contributed by atoms with Crippen LogP contribution in [0.3, 0.4) is 0 Å². The molecule has 7 heteroatoms. The molecule has 1 amide bonds. The van der Waals surface area contributed by atoms with Crippen LogP contribution in [0.5, 0.6) is 0 Å². The van der Waals surface area contributed by atoms with Crippen LogP contribution in [0.15, 0.2) is 18.2 Å². The predicted molar refractivity (Wildman–Crippen MR) is 52.1 cm³/mol. The number of rotatable bonds is 5. The van der Waals surface area contributed by atoms with Gasteiger partial charge in [0.2, 0.25) is 5.91 Å². The first-order valence-electron chi connectivity index (χ1n) is 4.19. The number of nitrogens with one attached hydrogen (secondary N) is 1. The molecule has 0 fully saturated rings. The molecule has 0 aliphatic rings. The van der Waals surface area contributed by atoms with Crippen molar-refractivity contribution >= 4 is 17.6 Å². The number of carboxylic acids is 1. The number of carbonyl (C=O) groups is 2. The van der Waals surface area contributed by atoms with E-state index in [2.05, 4.69) is 10.3 Å². The molecule has 1 aromatic rings. The van der Waals surface area contributed by atoms with Crippen LogP contribution in [0.25, 0.3) is 0 Å². The molecule has 1 rings (SSSR count). The highest BCUT2D eigenvalue weighted by Crippen LogP contribution is 2.15. The smallest absolute Gasteiger partial charge is 0.332 e. The summed E-state index contributed by atoms with van der Waals surface area (Å²) in [5.41, 5.74) is 6.98. The van der Waals surface area contributed by atoms with Gasteiger partial charge in [0, 0.05) is 5.56 Å². The predicted octanol–water partition coefficient (Wildman–Crippen LogP) is 0.353. The van der Waals surface area contributed by atoms with Gasteiger partial charge in [0.15, 0.2) is 6.61 Å². The molecule has 6 nitrogen and oxygen atoms in total. The lowest BCUT2D eigenvalue weighted by atomic mass is 10.2. The second-order valence-corrected chi connectivity index (χ2v) is 2.84. The minimum absolute atomic E-state index is 0.0151. The van der Waals surface area contributed by atoms with Gasteiger partial charge in [-0.25, -0.2) is 9.18 Å². The molecule has 0 aliphatic heterocycles. The molecule has 0 atom stereocenters. The first-order valence-corrected chi connectivity index (χ1v) is 4.19. The van der Waals surface area contributed by atoms with E-state index in [0.29, 0.717) is 0 Å². The van der Waals surface area contributed by atoms with Gasteiger partial charge >= 0.3 is 5.97 Å². The summed E-state index contributed by atoms with van der Waals surface area (Å²) in [7, 11) is 0. The largest absolute Gasteiger partial charge is 0.479 e. The van der Waals surface area contributed by atoms with Crippen molar-refractivity contribution in [3.05, 3.63) is 29.6 Å². The van der Waals surface area contributed by atoms with E-state index < -0.39 is 24.3 Å². The number of primary amides is 1. The van der Waals surface area contributed by atoms with Crippen molar-refractivity contribution in [3.63, 3.8) is 0 Å². The van der Waals surface area contributed by atoms with E-state index in [4.69, 9.17) is 10.8 Å². The number of halogens is 1. The number of nitrogens with two attached hydrogens (primary N) is 1. The Balaban J connectivity index is 2.68. The van der Waals surface area contributed by atoms with Gasteiger partial charge in [0.1, 0.15) is 5.82 Å². The van der Waals surface area contributed by atoms with Crippen LogP contribution in [0.1, 0.15) is 10.4 Å². The Morgan fingerprint density at radius 1 is 1.50 bits per heavy atom. The van der Waals surface area contributed by atoms with Gasteiger partial charge in [0.25, 0.3) is 0 Å². The highest BCUT2D eigenvalue weighted by molar-refractivity contribution is 5.93. The number of aliphatic carboxylic acids is 1. The molecule has 0 saturated heterocycles. The third-order valence-corrected chi connectivity index (χ3v) is 1.63. The average molecular weight is 228 g/mol. The standard InChI is InChI=1S/C9H9FN2O4/c10-6-3-5(9(11)15)1-2-7(6)12-16-4-8(13)14/h1-3,12H,4H2,(H2,11,15)(H,13,14). The summed E-state index contributed by atoms with van der Waals surface area (Å²) in [6.07, 6.45) is 0. The minimum atomic E-state index is -1.19. The average Bonchev–Trinajstić information content (AvgIpc) is 2.19. The number of benzene rings is 1. The van der Waals surface area contributed by atoms with E-state index in [1.54, 1.807) is 0 Å². The van der Waals surface area contributed by atoms with Crippen LogP contribution in [0, 0.1) is 5.82 Å². The SMILES string of the molecule is NC(=O)c1ccc(NOCC(=O)O)c(F)c1. The maximum absolute atomic E-state index is 13.2. The van der Waals surface area contributed by atoms with Crippen LogP contribution in [-0.4, -0.2) is 23.6 Å². The first kappa shape index (κ1) is 11.9. The highest BCUT2D eigenvalue weighted by Gasteiger charge is 2.07. The van der Waals surface area contributed by atoms with Crippen molar-refractivity contribution in [2.45, 2.75) is 0 Å². The van der Waals surface area contributed by atoms with Crippen molar-refractivity contribution in [2.75, 3.05) is 12.1 Å². The summed E-state index contributed by atoms with van der Waals surface area (Å²) < 4.78 is 13.2. The fourth-order valence-corrected chi connectivity index (χ4v) is 0.927. The lowest BCUT2D eigenvalue weighted by Crippen LogP contribution is -2.14. The van der Waals surface area contributed by atoms with Crippen molar-refractivity contribution in [1.82, 2.24) is 0 Å². The molecule has 0 aromatic heterocycles. The van der Waals surface area contributed by atoms with Crippen LogP contribution in [0.4, 0.5) is 10.1 Å². The van der Waals surface area contributed by atoms with Gasteiger partial charge in [-0.2, -0.15) is 0 Å². The number of amides is 1. The Morgan fingerprint density at radius 2 is 2.19 bits per heavy atom. The van der Waals surface area contributed by atoms with Crippen LogP contribution in [-0.2, 0) is 9.63 Å². The zero-order valence-corrected chi connectivity index (χ0v) is 8.07. The maximum Gasteiger partial charge on any atom is 0.332 e.